The van der Waals surface area contributed by atoms with Crippen LogP contribution >= 0.6 is 0 Å². The maximum atomic E-state index is 4.46. The third-order valence-electron chi connectivity index (χ3n) is 3.37. The summed E-state index contributed by atoms with van der Waals surface area (Å²) in [5, 5.41) is 3.28. The summed E-state index contributed by atoms with van der Waals surface area (Å²) in [6.45, 7) is 8.38. The Bertz CT molecular complexity index is 682. The molecule has 2 aromatic carbocycles. The lowest BCUT2D eigenvalue weighted by atomic mass is 10.1. The fourth-order valence-corrected chi connectivity index (χ4v) is 2.23. The van der Waals surface area contributed by atoms with Crippen LogP contribution in [0.25, 0.3) is 0 Å². The predicted octanol–water partition coefficient (Wildman–Crippen LogP) is 5.25. The zero-order valence-corrected chi connectivity index (χ0v) is 13.1. The fourth-order valence-electron chi connectivity index (χ4n) is 2.23. The highest BCUT2D eigenvalue weighted by molar-refractivity contribution is 5.75. The van der Waals surface area contributed by atoms with Crippen molar-refractivity contribution in [2.75, 3.05) is 5.32 Å². The molecule has 0 saturated carbocycles. The average Bonchev–Trinajstić information content (AvgIpc) is 2.42. The summed E-state index contributed by atoms with van der Waals surface area (Å²) >= 11 is 0. The van der Waals surface area contributed by atoms with E-state index in [2.05, 4.69) is 68.3 Å². The minimum absolute atomic E-state index is 1.01. The first kappa shape index (κ1) is 15.0. The Kier molecular flexibility index (Phi) is 4.94. The molecule has 0 amide bonds. The first-order chi connectivity index (χ1) is 10.1. The van der Waals surface area contributed by atoms with Gasteiger partial charge in [-0.25, -0.2) is 0 Å². The number of anilines is 1. The van der Waals surface area contributed by atoms with Crippen LogP contribution in [0.4, 0.5) is 11.4 Å². The SMILES string of the molecule is Cc1ccc(N=C/C=C/Nc2ccc(C)cc2C)c(C)c1. The highest BCUT2D eigenvalue weighted by Crippen LogP contribution is 2.19. The topological polar surface area (TPSA) is 24.4 Å². The largest absolute Gasteiger partial charge is 0.361 e. The second kappa shape index (κ2) is 6.89. The maximum absolute atomic E-state index is 4.46. The van der Waals surface area contributed by atoms with Gasteiger partial charge in [0.1, 0.15) is 0 Å². The molecule has 2 aromatic rings. The van der Waals surface area contributed by atoms with Crippen LogP contribution in [0.3, 0.4) is 0 Å². The zero-order chi connectivity index (χ0) is 15.2. The summed E-state index contributed by atoms with van der Waals surface area (Å²) in [4.78, 5) is 4.46. The van der Waals surface area contributed by atoms with Crippen LogP contribution in [-0.4, -0.2) is 6.21 Å². The number of rotatable bonds is 4. The lowest BCUT2D eigenvalue weighted by Gasteiger charge is -2.05. The van der Waals surface area contributed by atoms with E-state index in [1.165, 1.54) is 22.3 Å². The Hall–Kier alpha value is -2.35. The number of allylic oxidation sites excluding steroid dienone is 1. The third-order valence-corrected chi connectivity index (χ3v) is 3.37. The molecule has 0 aliphatic heterocycles. The van der Waals surface area contributed by atoms with Crippen molar-refractivity contribution in [1.29, 1.82) is 0 Å². The summed E-state index contributed by atoms with van der Waals surface area (Å²) in [6.07, 6.45) is 5.64. The summed E-state index contributed by atoms with van der Waals surface area (Å²) in [7, 11) is 0. The van der Waals surface area contributed by atoms with E-state index in [0.717, 1.165) is 11.4 Å². The highest BCUT2D eigenvalue weighted by atomic mass is 14.8. The normalized spacial score (nSPS) is 11.4. The molecule has 1 N–H and O–H groups in total. The molecule has 108 valence electrons. The second-order valence-corrected chi connectivity index (χ2v) is 5.39. The Morgan fingerprint density at radius 3 is 2.19 bits per heavy atom. The molecule has 0 atom stereocenters. The van der Waals surface area contributed by atoms with Crippen molar-refractivity contribution in [2.45, 2.75) is 27.7 Å². The Morgan fingerprint density at radius 1 is 0.857 bits per heavy atom. The van der Waals surface area contributed by atoms with Crippen molar-refractivity contribution in [3.8, 4) is 0 Å². The van der Waals surface area contributed by atoms with Gasteiger partial charge in [-0.05, 0) is 57.0 Å². The van der Waals surface area contributed by atoms with E-state index in [0.29, 0.717) is 0 Å². The number of nitrogens with zero attached hydrogens (tertiary/aromatic N) is 1. The Balaban J connectivity index is 1.97. The van der Waals surface area contributed by atoms with E-state index in [4.69, 9.17) is 0 Å². The first-order valence-electron chi connectivity index (χ1n) is 7.16. The van der Waals surface area contributed by atoms with Crippen LogP contribution in [0.1, 0.15) is 22.3 Å². The van der Waals surface area contributed by atoms with Gasteiger partial charge < -0.3 is 5.32 Å². The third kappa shape index (κ3) is 4.32. The number of hydrogen-bond donors (Lipinski definition) is 1. The van der Waals surface area contributed by atoms with Gasteiger partial charge in [-0.2, -0.15) is 0 Å². The van der Waals surface area contributed by atoms with Gasteiger partial charge in [0.2, 0.25) is 0 Å². The molecule has 0 aliphatic carbocycles. The van der Waals surface area contributed by atoms with Gasteiger partial charge in [0.05, 0.1) is 5.69 Å². The smallest absolute Gasteiger partial charge is 0.0658 e. The lowest BCUT2D eigenvalue weighted by molar-refractivity contribution is 1.35. The molecule has 0 spiro atoms. The molecule has 0 bridgehead atoms. The van der Waals surface area contributed by atoms with E-state index >= 15 is 0 Å². The van der Waals surface area contributed by atoms with E-state index in [1.54, 1.807) is 0 Å². The molecule has 2 rings (SSSR count). The number of nitrogens with one attached hydrogen (secondary N) is 1. The van der Waals surface area contributed by atoms with Gasteiger partial charge in [-0.15, -0.1) is 0 Å². The van der Waals surface area contributed by atoms with E-state index in [-0.39, 0.29) is 0 Å². The van der Waals surface area contributed by atoms with Crippen molar-refractivity contribution in [3.63, 3.8) is 0 Å². The molecule has 21 heavy (non-hydrogen) atoms. The number of benzene rings is 2. The number of aliphatic imine (C=N–C) groups is 1. The molecule has 2 heteroatoms. The minimum atomic E-state index is 1.01. The molecular weight excluding hydrogens is 256 g/mol. The van der Waals surface area contributed by atoms with Gasteiger partial charge >= 0.3 is 0 Å². The summed E-state index contributed by atoms with van der Waals surface area (Å²) in [5.41, 5.74) is 7.11. The van der Waals surface area contributed by atoms with Gasteiger partial charge in [0.25, 0.3) is 0 Å². The van der Waals surface area contributed by atoms with Crippen LogP contribution in [0.2, 0.25) is 0 Å². The number of hydrogen-bond acceptors (Lipinski definition) is 2. The summed E-state index contributed by atoms with van der Waals surface area (Å²) in [6, 6.07) is 12.6. The van der Waals surface area contributed by atoms with Gasteiger partial charge in [-0.1, -0.05) is 35.4 Å². The van der Waals surface area contributed by atoms with Crippen LogP contribution in [0.15, 0.2) is 53.7 Å². The van der Waals surface area contributed by atoms with Crippen molar-refractivity contribution >= 4 is 17.6 Å². The molecule has 0 fully saturated rings. The Labute approximate surface area is 127 Å². The summed E-state index contributed by atoms with van der Waals surface area (Å²) < 4.78 is 0. The minimum Gasteiger partial charge on any atom is -0.361 e. The molecule has 0 aliphatic rings. The van der Waals surface area contributed by atoms with Crippen molar-refractivity contribution in [3.05, 3.63) is 70.9 Å². The predicted molar refractivity (Wildman–Crippen MR) is 92.7 cm³/mol. The van der Waals surface area contributed by atoms with Crippen molar-refractivity contribution in [2.24, 2.45) is 4.99 Å². The second-order valence-electron chi connectivity index (χ2n) is 5.39. The van der Waals surface area contributed by atoms with E-state index < -0.39 is 0 Å². The summed E-state index contributed by atoms with van der Waals surface area (Å²) in [5.74, 6) is 0. The average molecular weight is 278 g/mol. The van der Waals surface area contributed by atoms with Gasteiger partial charge in [0, 0.05) is 18.1 Å². The number of aryl methyl sites for hydroxylation is 4. The van der Waals surface area contributed by atoms with Crippen LogP contribution < -0.4 is 5.32 Å². The molecular formula is C19H22N2. The van der Waals surface area contributed by atoms with Gasteiger partial charge in [0.15, 0.2) is 0 Å². The molecule has 0 unspecified atom stereocenters. The van der Waals surface area contributed by atoms with E-state index in [1.807, 2.05) is 24.6 Å². The molecule has 0 heterocycles. The standard InChI is InChI=1S/C19H22N2/c1-14-6-8-18(16(3)12-14)20-10-5-11-21-19-9-7-15(2)13-17(19)4/h5-13,20H,1-4H3/b10-5+,21-11?. The van der Waals surface area contributed by atoms with E-state index in [9.17, 15) is 0 Å². The monoisotopic (exact) mass is 278 g/mol. The molecule has 2 nitrogen and oxygen atoms in total. The van der Waals surface area contributed by atoms with Gasteiger partial charge in [-0.3, -0.25) is 4.99 Å². The van der Waals surface area contributed by atoms with Crippen LogP contribution in [0, 0.1) is 27.7 Å². The zero-order valence-electron chi connectivity index (χ0n) is 13.1. The van der Waals surface area contributed by atoms with Crippen molar-refractivity contribution in [1.82, 2.24) is 0 Å². The lowest BCUT2D eigenvalue weighted by Crippen LogP contribution is -1.91. The van der Waals surface area contributed by atoms with Crippen molar-refractivity contribution < 1.29 is 0 Å². The van der Waals surface area contributed by atoms with Crippen LogP contribution in [0.5, 0.6) is 0 Å². The van der Waals surface area contributed by atoms with Crippen LogP contribution in [-0.2, 0) is 0 Å². The quantitative estimate of drug-likeness (QED) is 0.759. The molecule has 0 saturated heterocycles. The highest BCUT2D eigenvalue weighted by Gasteiger charge is 1.95. The maximum Gasteiger partial charge on any atom is 0.0658 e. The Morgan fingerprint density at radius 2 is 1.52 bits per heavy atom. The fraction of sp³-hybridized carbons (Fsp3) is 0.211. The molecule has 0 radical (unpaired) electrons. The molecule has 0 aromatic heterocycles. The first-order valence-corrected chi connectivity index (χ1v) is 7.16.